The second-order valence-electron chi connectivity index (χ2n) is 26.7. The first-order valence-electron chi connectivity index (χ1n) is 33.8. The average Bonchev–Trinajstić information content (AvgIpc) is 1.54. The van der Waals surface area contributed by atoms with Crippen molar-refractivity contribution in [3.8, 4) is 83.8 Å². The molecule has 0 fully saturated rings. The van der Waals surface area contributed by atoms with Gasteiger partial charge in [0, 0.05) is 65.9 Å². The molecule has 0 unspecified atom stereocenters. The molecule has 0 saturated carbocycles. The van der Waals surface area contributed by atoms with E-state index in [2.05, 4.69) is 341 Å². The summed E-state index contributed by atoms with van der Waals surface area (Å²) < 4.78 is 7.53. The summed E-state index contributed by atoms with van der Waals surface area (Å²) in [6.07, 6.45) is 0. The summed E-state index contributed by atoms with van der Waals surface area (Å²) in [5.41, 5.74) is 40.9. The first-order valence-corrected chi connectivity index (χ1v) is 33.8. The number of aromatic nitrogens is 3. The van der Waals surface area contributed by atoms with Gasteiger partial charge in [0.25, 0.3) is 0 Å². The van der Waals surface area contributed by atoms with E-state index in [-0.39, 0.29) is 20.1 Å². The monoisotopic (exact) mass is 1210 g/mol. The van der Waals surface area contributed by atoms with Gasteiger partial charge < -0.3 is 13.7 Å². The van der Waals surface area contributed by atoms with E-state index in [4.69, 9.17) is 0 Å². The maximum absolute atomic E-state index is 2.52. The van der Waals surface area contributed by atoms with E-state index in [0.717, 1.165) is 0 Å². The molecule has 0 bridgehead atoms. The number of fused-ring (bicyclic) bond motifs is 24. The van der Waals surface area contributed by atoms with E-state index in [1.54, 1.807) is 0 Å². The predicted octanol–water partition coefficient (Wildman–Crippen LogP) is 15.8. The van der Waals surface area contributed by atoms with Gasteiger partial charge in [-0.05, 0) is 142 Å². The molecule has 0 saturated heterocycles. The van der Waals surface area contributed by atoms with Gasteiger partial charge in [-0.2, -0.15) is 0 Å². The maximum Gasteiger partial charge on any atom is 0.249 e. The Morgan fingerprint density at radius 2 is 0.542 bits per heavy atom. The van der Waals surface area contributed by atoms with Crippen LogP contribution in [0.1, 0.15) is 0 Å². The van der Waals surface area contributed by atoms with Gasteiger partial charge in [0.1, 0.15) is 0 Å². The van der Waals surface area contributed by atoms with Crippen LogP contribution in [0.2, 0.25) is 0 Å². The van der Waals surface area contributed by atoms with Gasteiger partial charge in [-0.1, -0.05) is 302 Å². The van der Waals surface area contributed by atoms with Gasteiger partial charge in [-0.25, -0.2) is 0 Å². The Kier molecular flexibility index (Phi) is 10.8. The predicted molar refractivity (Wildman–Crippen MR) is 409 cm³/mol. The summed E-state index contributed by atoms with van der Waals surface area (Å²) in [5.74, 6) is 0. The smallest absolute Gasteiger partial charge is 0.249 e. The molecule has 6 aliphatic rings. The van der Waals surface area contributed by atoms with Gasteiger partial charge >= 0.3 is 0 Å². The third-order valence-electron chi connectivity index (χ3n) is 22.2. The van der Waals surface area contributed by atoms with Crippen LogP contribution in [0.15, 0.2) is 328 Å². The van der Waals surface area contributed by atoms with E-state index in [9.17, 15) is 0 Å². The van der Waals surface area contributed by atoms with Crippen molar-refractivity contribution in [3.63, 3.8) is 0 Å². The van der Waals surface area contributed by atoms with Crippen LogP contribution in [0, 0.1) is 0 Å². The lowest BCUT2D eigenvalue weighted by molar-refractivity contribution is 1.19. The molecule has 15 aromatic carbocycles. The van der Waals surface area contributed by atoms with Crippen molar-refractivity contribution in [2.24, 2.45) is 0 Å². The van der Waals surface area contributed by atoms with Crippen LogP contribution >= 0.6 is 0 Å². The Balaban J connectivity index is 0.0000000930. The quantitative estimate of drug-likeness (QED) is 0.157. The van der Waals surface area contributed by atoms with Gasteiger partial charge in [-0.15, -0.1) is 0 Å². The summed E-state index contributed by atoms with van der Waals surface area (Å²) in [6, 6.07) is 121. The van der Waals surface area contributed by atoms with Crippen molar-refractivity contribution in [1.82, 2.24) is 13.7 Å². The van der Waals surface area contributed by atoms with E-state index in [1.165, 1.54) is 198 Å². The zero-order valence-electron chi connectivity index (χ0n) is 52.3. The lowest BCUT2D eigenvalue weighted by atomic mass is 9.36. The Labute approximate surface area is 556 Å². The van der Waals surface area contributed by atoms with Crippen molar-refractivity contribution in [3.05, 3.63) is 328 Å². The van der Waals surface area contributed by atoms with Gasteiger partial charge in [0.2, 0.25) is 20.1 Å². The molecule has 0 radical (unpaired) electrons. The molecule has 96 heavy (non-hydrogen) atoms. The third-order valence-corrected chi connectivity index (χ3v) is 22.2. The second kappa shape index (κ2) is 19.7. The number of nitrogens with zero attached hydrogens (tertiary/aromatic N) is 3. The molecule has 0 N–H and O–H groups in total. The summed E-state index contributed by atoms with van der Waals surface area (Å²) in [4.78, 5) is 0. The standard InChI is InChI=1S/3C30H18BN/c1-2-9-19(10-3-1)20-17-24-22-12-5-7-15-27(22)32-28-16-8-13-23-21-11-4-6-14-25(21)31(29(23)28)26(18-20)30(24)32;1-2-9-19(10-3-1)20-17-18-24-22-12-5-7-15-26(22)32-27-16-8-13-23-21-11-4-6-14-25(21)31(28(23)27)29(20)30(24)32;1-2-9-19(10-3-1)20-12-6-13-22-23-14-8-18-27-29(23)31(28(20)22)25-16-7-15-24-21-11-4-5-17-26(21)32(27)30(24)25/h3*1-18H. The molecule has 6 heteroatoms. The molecule has 0 atom stereocenters. The van der Waals surface area contributed by atoms with Crippen LogP contribution in [0.5, 0.6) is 0 Å². The SMILES string of the molecule is c1ccc(-c2cc3c4c(c2)c2ccccc2n4-c2cccc4c2B3c2ccccc2-4)cc1.c1ccc(-c2ccc3c4ccccc4n4c3c2B2c3ccccc3-c3cccc-4c32)cc1.c1ccc(-c2cccc3c2B2c4c-3cccc4-n3c4ccccc4c4cccc2c43)cc1. The van der Waals surface area contributed by atoms with E-state index in [1.807, 2.05) is 0 Å². The zero-order valence-corrected chi connectivity index (χ0v) is 52.3. The lowest BCUT2D eigenvalue weighted by Gasteiger charge is -2.27. The molecule has 18 aromatic rings. The van der Waals surface area contributed by atoms with Gasteiger partial charge in [-0.3, -0.25) is 0 Å². The molecule has 3 aromatic heterocycles. The van der Waals surface area contributed by atoms with Crippen LogP contribution < -0.4 is 49.2 Å². The summed E-state index contributed by atoms with van der Waals surface area (Å²) >= 11 is 0. The van der Waals surface area contributed by atoms with Crippen LogP contribution in [-0.4, -0.2) is 33.8 Å². The molecule has 0 aliphatic carbocycles. The fourth-order valence-corrected chi connectivity index (χ4v) is 18.6. The van der Waals surface area contributed by atoms with Crippen molar-refractivity contribution in [2.75, 3.05) is 0 Å². The fraction of sp³-hybridized carbons (Fsp3) is 0. The largest absolute Gasteiger partial charge is 0.310 e. The lowest BCUT2D eigenvalue weighted by Crippen LogP contribution is -2.53. The number of benzene rings is 15. The van der Waals surface area contributed by atoms with Crippen molar-refractivity contribution in [2.45, 2.75) is 0 Å². The van der Waals surface area contributed by atoms with Crippen molar-refractivity contribution < 1.29 is 0 Å². The molecule has 3 nitrogen and oxygen atoms in total. The second-order valence-corrected chi connectivity index (χ2v) is 26.7. The Morgan fingerprint density at radius 3 is 1.12 bits per heavy atom. The van der Waals surface area contributed by atoms with Crippen LogP contribution in [-0.2, 0) is 0 Å². The van der Waals surface area contributed by atoms with Crippen LogP contribution in [0.4, 0.5) is 0 Å². The van der Waals surface area contributed by atoms with Crippen molar-refractivity contribution >= 4 is 135 Å². The number of hydrogen-bond acceptors (Lipinski definition) is 0. The van der Waals surface area contributed by atoms with E-state index >= 15 is 0 Å². The number of rotatable bonds is 3. The molecule has 0 spiro atoms. The van der Waals surface area contributed by atoms with Crippen molar-refractivity contribution in [1.29, 1.82) is 0 Å². The highest BCUT2D eigenvalue weighted by molar-refractivity contribution is 7.03. The zero-order chi connectivity index (χ0) is 62.4. The highest BCUT2D eigenvalue weighted by Crippen LogP contribution is 2.43. The molecule has 0 amide bonds. The van der Waals surface area contributed by atoms with Crippen LogP contribution in [0.3, 0.4) is 0 Å². The normalized spacial score (nSPS) is 12.9. The van der Waals surface area contributed by atoms with Gasteiger partial charge in [0.05, 0.1) is 16.6 Å². The molecule has 438 valence electrons. The Bertz CT molecular complexity index is 6410. The first kappa shape index (κ1) is 52.4. The molecule has 9 heterocycles. The number of hydrogen-bond donors (Lipinski definition) is 0. The minimum absolute atomic E-state index is 0.258. The van der Waals surface area contributed by atoms with E-state index in [0.29, 0.717) is 0 Å². The average molecular weight is 1210 g/mol. The summed E-state index contributed by atoms with van der Waals surface area (Å²) in [5, 5.41) is 8.02. The minimum Gasteiger partial charge on any atom is -0.310 e. The van der Waals surface area contributed by atoms with Gasteiger partial charge in [0.15, 0.2) is 0 Å². The molecule has 24 rings (SSSR count). The highest BCUT2D eigenvalue weighted by atomic mass is 15.0. The maximum atomic E-state index is 2.52. The summed E-state index contributed by atoms with van der Waals surface area (Å²) in [7, 11) is 0. The molecule has 6 aliphatic heterocycles. The molecular formula is C90H54B3N3. The minimum atomic E-state index is 0.258. The molecular weight excluding hydrogens is 1160 g/mol. The topological polar surface area (TPSA) is 14.8 Å². The van der Waals surface area contributed by atoms with Crippen LogP contribution in [0.25, 0.3) is 149 Å². The first-order chi connectivity index (χ1) is 47.7. The fourth-order valence-electron chi connectivity index (χ4n) is 18.6. The number of para-hydroxylation sites is 4. The Hall–Kier alpha value is -12.1. The Morgan fingerprint density at radius 1 is 0.177 bits per heavy atom. The highest BCUT2D eigenvalue weighted by Gasteiger charge is 2.45. The van der Waals surface area contributed by atoms with E-state index < -0.39 is 0 Å². The summed E-state index contributed by atoms with van der Waals surface area (Å²) in [6.45, 7) is 0.793. The third kappa shape index (κ3) is 6.94.